The highest BCUT2D eigenvalue weighted by atomic mass is 32.1. The first-order valence-corrected chi connectivity index (χ1v) is 9.96. The van der Waals surface area contributed by atoms with Gasteiger partial charge in [-0.1, -0.05) is 24.3 Å². The first-order chi connectivity index (χ1) is 13.6. The van der Waals surface area contributed by atoms with Gasteiger partial charge in [0.15, 0.2) is 0 Å². The summed E-state index contributed by atoms with van der Waals surface area (Å²) in [6.45, 7) is 1.88. The molecule has 2 unspecified atom stereocenters. The third kappa shape index (κ3) is 3.76. The highest BCUT2D eigenvalue weighted by Gasteiger charge is 2.35. The van der Waals surface area contributed by atoms with Crippen LogP contribution in [0.2, 0.25) is 0 Å². The van der Waals surface area contributed by atoms with Crippen molar-refractivity contribution in [1.82, 2.24) is 10.3 Å². The monoisotopic (exact) mass is 397 g/mol. The van der Waals surface area contributed by atoms with Crippen molar-refractivity contribution in [3.63, 3.8) is 0 Å². The van der Waals surface area contributed by atoms with Crippen LogP contribution >= 0.6 is 11.3 Å². The average molecular weight is 397 g/mol. The van der Waals surface area contributed by atoms with Gasteiger partial charge in [0, 0.05) is 18.0 Å². The maximum atomic E-state index is 14.0. The van der Waals surface area contributed by atoms with Crippen LogP contribution in [0.3, 0.4) is 0 Å². The fraction of sp³-hybridized carbons (Fsp3) is 0.238. The highest BCUT2D eigenvalue weighted by molar-refractivity contribution is 7.12. The Bertz CT molecular complexity index is 969. The number of nitrogens with zero attached hydrogens (tertiary/aromatic N) is 2. The van der Waals surface area contributed by atoms with Gasteiger partial charge < -0.3 is 9.73 Å². The molecular weight excluding hydrogens is 377 g/mol. The molecule has 144 valence electrons. The van der Waals surface area contributed by atoms with Gasteiger partial charge in [-0.15, -0.1) is 11.3 Å². The van der Waals surface area contributed by atoms with E-state index in [-0.39, 0.29) is 30.4 Å². The number of benzene rings is 1. The van der Waals surface area contributed by atoms with Gasteiger partial charge in [0.25, 0.3) is 5.91 Å². The number of carbonyl (C=O) groups is 1. The molecule has 1 N–H and O–H groups in total. The summed E-state index contributed by atoms with van der Waals surface area (Å²) in [4.78, 5) is 14.0. The molecule has 4 rings (SSSR count). The van der Waals surface area contributed by atoms with Crippen LogP contribution < -0.4 is 5.32 Å². The zero-order chi connectivity index (χ0) is 19.5. The number of furan rings is 1. The topological polar surface area (TPSA) is 57.8 Å². The molecule has 5 nitrogen and oxygen atoms in total. The van der Waals surface area contributed by atoms with Gasteiger partial charge in [-0.2, -0.15) is 5.10 Å². The Morgan fingerprint density at radius 2 is 2.18 bits per heavy atom. The Morgan fingerprint density at radius 1 is 1.32 bits per heavy atom. The second-order valence-electron chi connectivity index (χ2n) is 6.62. The minimum absolute atomic E-state index is 0.0495. The van der Waals surface area contributed by atoms with E-state index in [4.69, 9.17) is 4.42 Å². The summed E-state index contributed by atoms with van der Waals surface area (Å²) in [6, 6.07) is 13.6. The number of nitrogens with one attached hydrogen (secondary N) is 1. The number of halogens is 1. The Balaban J connectivity index is 1.49. The molecule has 0 bridgehead atoms. The molecule has 0 fully saturated rings. The minimum Gasteiger partial charge on any atom is -0.467 e. The van der Waals surface area contributed by atoms with Crippen LogP contribution in [-0.2, 0) is 4.79 Å². The summed E-state index contributed by atoms with van der Waals surface area (Å²) in [5.74, 6) is 0.226. The second-order valence-corrected chi connectivity index (χ2v) is 7.57. The molecule has 28 heavy (non-hydrogen) atoms. The van der Waals surface area contributed by atoms with Crippen molar-refractivity contribution in [3.8, 4) is 0 Å². The molecule has 0 aliphatic carbocycles. The summed E-state index contributed by atoms with van der Waals surface area (Å²) in [5.41, 5.74) is 1.40. The number of amides is 1. The van der Waals surface area contributed by atoms with Crippen molar-refractivity contribution in [2.24, 2.45) is 5.10 Å². The summed E-state index contributed by atoms with van der Waals surface area (Å²) in [5, 5.41) is 11.1. The Hall–Kier alpha value is -2.77. The first-order valence-electron chi connectivity index (χ1n) is 9.08. The van der Waals surface area contributed by atoms with E-state index >= 15 is 0 Å². The van der Waals surface area contributed by atoms with E-state index < -0.39 is 0 Å². The standard InChI is InChI=1S/C21H20FN3O2S/c1-14(15-6-2-3-7-16(15)22)23-13-21(26)25-18(19-8-4-10-27-19)12-17(24-25)20-9-5-11-28-20/h2-11,14,18,23H,12-13H2,1H3. The van der Waals surface area contributed by atoms with Gasteiger partial charge >= 0.3 is 0 Å². The van der Waals surface area contributed by atoms with Crippen molar-refractivity contribution in [2.75, 3.05) is 6.54 Å². The maximum Gasteiger partial charge on any atom is 0.257 e. The molecule has 2 atom stereocenters. The predicted molar refractivity (Wildman–Crippen MR) is 107 cm³/mol. The lowest BCUT2D eigenvalue weighted by atomic mass is 10.1. The molecule has 0 saturated heterocycles. The molecule has 0 saturated carbocycles. The zero-order valence-electron chi connectivity index (χ0n) is 15.3. The van der Waals surface area contributed by atoms with Crippen molar-refractivity contribution in [1.29, 1.82) is 0 Å². The molecule has 0 radical (unpaired) electrons. The molecule has 3 aromatic rings. The molecule has 1 amide bonds. The third-order valence-corrected chi connectivity index (χ3v) is 5.69. The zero-order valence-corrected chi connectivity index (χ0v) is 16.2. The van der Waals surface area contributed by atoms with Crippen LogP contribution in [0.1, 0.15) is 41.6 Å². The molecule has 1 aliphatic heterocycles. The number of hydrogen-bond acceptors (Lipinski definition) is 5. The quantitative estimate of drug-likeness (QED) is 0.666. The summed E-state index contributed by atoms with van der Waals surface area (Å²) >= 11 is 1.59. The largest absolute Gasteiger partial charge is 0.467 e. The van der Waals surface area contributed by atoms with Gasteiger partial charge in [0.1, 0.15) is 17.6 Å². The summed E-state index contributed by atoms with van der Waals surface area (Å²) < 4.78 is 19.5. The van der Waals surface area contributed by atoms with Crippen LogP contribution in [0.4, 0.5) is 4.39 Å². The smallest absolute Gasteiger partial charge is 0.257 e. The van der Waals surface area contributed by atoms with Gasteiger partial charge in [-0.3, -0.25) is 4.79 Å². The fourth-order valence-electron chi connectivity index (χ4n) is 3.29. The molecule has 7 heteroatoms. The molecular formula is C21H20FN3O2S. The van der Waals surface area contributed by atoms with E-state index in [1.807, 2.05) is 30.5 Å². The van der Waals surface area contributed by atoms with Gasteiger partial charge in [0.2, 0.25) is 0 Å². The van der Waals surface area contributed by atoms with E-state index in [0.29, 0.717) is 17.7 Å². The van der Waals surface area contributed by atoms with Crippen LogP contribution in [0.15, 0.2) is 69.7 Å². The molecule has 1 aromatic carbocycles. The van der Waals surface area contributed by atoms with Crippen molar-refractivity contribution in [2.45, 2.75) is 25.4 Å². The van der Waals surface area contributed by atoms with Gasteiger partial charge in [-0.05, 0) is 36.6 Å². The van der Waals surface area contributed by atoms with E-state index in [2.05, 4.69) is 10.4 Å². The maximum absolute atomic E-state index is 14.0. The van der Waals surface area contributed by atoms with E-state index in [0.717, 1.165) is 10.6 Å². The number of hydrogen-bond donors (Lipinski definition) is 1. The number of rotatable bonds is 6. The second kappa shape index (κ2) is 8.08. The number of thiophene rings is 1. The Labute approximate surface area is 166 Å². The highest BCUT2D eigenvalue weighted by Crippen LogP contribution is 2.34. The predicted octanol–water partition coefficient (Wildman–Crippen LogP) is 4.51. The molecule has 0 spiro atoms. The lowest BCUT2D eigenvalue weighted by molar-refractivity contribution is -0.132. The van der Waals surface area contributed by atoms with Crippen LogP contribution in [-0.4, -0.2) is 23.2 Å². The number of carbonyl (C=O) groups excluding carboxylic acids is 1. The molecule has 2 aromatic heterocycles. The average Bonchev–Trinajstić information content (AvgIpc) is 3.46. The summed E-state index contributed by atoms with van der Waals surface area (Å²) in [6.07, 6.45) is 2.20. The normalized spacial score (nSPS) is 17.6. The summed E-state index contributed by atoms with van der Waals surface area (Å²) in [7, 11) is 0. The van der Waals surface area contributed by atoms with Crippen LogP contribution in [0.5, 0.6) is 0 Å². The van der Waals surface area contributed by atoms with Crippen LogP contribution in [0, 0.1) is 5.82 Å². The SMILES string of the molecule is CC(NCC(=O)N1N=C(c2cccs2)CC1c1ccco1)c1ccccc1F. The van der Waals surface area contributed by atoms with Crippen molar-refractivity contribution < 1.29 is 13.6 Å². The first kappa shape index (κ1) is 18.6. The number of hydrazone groups is 1. The molecule has 3 heterocycles. The lowest BCUT2D eigenvalue weighted by Gasteiger charge is -2.21. The fourth-order valence-corrected chi connectivity index (χ4v) is 4.01. The Morgan fingerprint density at radius 3 is 2.89 bits per heavy atom. The lowest BCUT2D eigenvalue weighted by Crippen LogP contribution is -2.36. The van der Waals surface area contributed by atoms with E-state index in [9.17, 15) is 9.18 Å². The molecule has 1 aliphatic rings. The van der Waals surface area contributed by atoms with Crippen molar-refractivity contribution in [3.05, 3.63) is 82.2 Å². The third-order valence-electron chi connectivity index (χ3n) is 4.77. The van der Waals surface area contributed by atoms with Crippen LogP contribution in [0.25, 0.3) is 0 Å². The van der Waals surface area contributed by atoms with Crippen molar-refractivity contribution >= 4 is 23.0 Å². The van der Waals surface area contributed by atoms with E-state index in [1.165, 1.54) is 11.1 Å². The van der Waals surface area contributed by atoms with Gasteiger partial charge in [0.05, 0.1) is 23.4 Å². The minimum atomic E-state index is -0.296. The van der Waals surface area contributed by atoms with Gasteiger partial charge in [-0.25, -0.2) is 9.40 Å². The Kier molecular flexibility index (Phi) is 5.36. The van der Waals surface area contributed by atoms with E-state index in [1.54, 1.807) is 41.9 Å².